The maximum absolute atomic E-state index is 13.4. The SMILES string of the molecule is CN=C(NCc1ccc(F)c(C)c1)N(C)CCc1ccc(OC)c(OC)c1.I. The second-order valence-corrected chi connectivity index (χ2v) is 6.35. The van der Waals surface area contributed by atoms with E-state index >= 15 is 0 Å². The van der Waals surface area contributed by atoms with Gasteiger partial charge in [0, 0.05) is 27.2 Å². The molecule has 0 heterocycles. The Hall–Kier alpha value is -2.03. The summed E-state index contributed by atoms with van der Waals surface area (Å²) in [5, 5.41) is 3.32. The number of guanidine groups is 1. The molecule has 0 aromatic heterocycles. The molecule has 5 nitrogen and oxygen atoms in total. The van der Waals surface area contributed by atoms with Crippen LogP contribution in [0.15, 0.2) is 41.4 Å². The minimum atomic E-state index is -0.185. The molecular formula is C21H29FIN3O2. The summed E-state index contributed by atoms with van der Waals surface area (Å²) >= 11 is 0. The highest BCUT2D eigenvalue weighted by Crippen LogP contribution is 2.27. The Labute approximate surface area is 184 Å². The molecule has 0 spiro atoms. The van der Waals surface area contributed by atoms with Crippen LogP contribution in [-0.2, 0) is 13.0 Å². The first kappa shape index (κ1) is 24.0. The quantitative estimate of drug-likeness (QED) is 0.354. The topological polar surface area (TPSA) is 46.1 Å². The second kappa shape index (κ2) is 11.7. The lowest BCUT2D eigenvalue weighted by atomic mass is 10.1. The molecule has 2 aromatic carbocycles. The minimum Gasteiger partial charge on any atom is -0.493 e. The molecule has 0 saturated carbocycles. The van der Waals surface area contributed by atoms with Crippen LogP contribution in [0.25, 0.3) is 0 Å². The van der Waals surface area contributed by atoms with Crippen LogP contribution in [-0.4, -0.2) is 45.7 Å². The fourth-order valence-corrected chi connectivity index (χ4v) is 2.82. The lowest BCUT2D eigenvalue weighted by Crippen LogP contribution is -2.39. The van der Waals surface area contributed by atoms with Crippen molar-refractivity contribution < 1.29 is 13.9 Å². The first-order valence-corrected chi connectivity index (χ1v) is 8.86. The van der Waals surface area contributed by atoms with Crippen molar-refractivity contribution >= 4 is 29.9 Å². The Kier molecular flexibility index (Phi) is 10.1. The fraction of sp³-hybridized carbons (Fsp3) is 0.381. The Morgan fingerprint density at radius 3 is 2.36 bits per heavy atom. The Balaban J connectivity index is 0.00000392. The van der Waals surface area contributed by atoms with E-state index in [1.54, 1.807) is 34.3 Å². The van der Waals surface area contributed by atoms with Crippen molar-refractivity contribution in [1.29, 1.82) is 0 Å². The predicted molar refractivity (Wildman–Crippen MR) is 123 cm³/mol. The molecule has 0 atom stereocenters. The van der Waals surface area contributed by atoms with Gasteiger partial charge in [0.1, 0.15) is 5.82 Å². The van der Waals surface area contributed by atoms with Crippen LogP contribution >= 0.6 is 24.0 Å². The number of hydrogen-bond acceptors (Lipinski definition) is 3. The summed E-state index contributed by atoms with van der Waals surface area (Å²) in [6.45, 7) is 3.15. The van der Waals surface area contributed by atoms with Crippen LogP contribution in [0, 0.1) is 12.7 Å². The summed E-state index contributed by atoms with van der Waals surface area (Å²) in [7, 11) is 7.01. The number of likely N-dealkylation sites (N-methyl/N-ethyl adjacent to an activating group) is 1. The van der Waals surface area contributed by atoms with Gasteiger partial charge in [0.05, 0.1) is 14.2 Å². The van der Waals surface area contributed by atoms with Crippen molar-refractivity contribution in [3.8, 4) is 11.5 Å². The Bertz CT molecular complexity index is 799. The summed E-state index contributed by atoms with van der Waals surface area (Å²) in [6, 6.07) is 11.1. The van der Waals surface area contributed by atoms with Gasteiger partial charge in [0.2, 0.25) is 0 Å². The Morgan fingerprint density at radius 2 is 1.75 bits per heavy atom. The van der Waals surface area contributed by atoms with Crippen molar-refractivity contribution in [2.75, 3.05) is 34.9 Å². The molecule has 0 bridgehead atoms. The van der Waals surface area contributed by atoms with E-state index in [0.717, 1.165) is 41.6 Å². The molecular weight excluding hydrogens is 472 g/mol. The van der Waals surface area contributed by atoms with Crippen LogP contribution in [0.3, 0.4) is 0 Å². The van der Waals surface area contributed by atoms with Gasteiger partial charge in [-0.25, -0.2) is 4.39 Å². The monoisotopic (exact) mass is 501 g/mol. The van der Waals surface area contributed by atoms with Crippen LogP contribution in [0.1, 0.15) is 16.7 Å². The molecule has 7 heteroatoms. The second-order valence-electron chi connectivity index (χ2n) is 6.35. The minimum absolute atomic E-state index is 0. The first-order valence-electron chi connectivity index (χ1n) is 8.86. The van der Waals surface area contributed by atoms with Gasteiger partial charge in [-0.15, -0.1) is 24.0 Å². The van der Waals surface area contributed by atoms with E-state index in [1.807, 2.05) is 31.3 Å². The van der Waals surface area contributed by atoms with Gasteiger partial charge in [-0.3, -0.25) is 4.99 Å². The zero-order valence-electron chi connectivity index (χ0n) is 17.1. The summed E-state index contributed by atoms with van der Waals surface area (Å²) in [5.41, 5.74) is 2.82. The van der Waals surface area contributed by atoms with Gasteiger partial charge in [-0.05, 0) is 48.2 Å². The number of aliphatic imine (C=N–C) groups is 1. The molecule has 0 unspecified atom stereocenters. The number of ether oxygens (including phenoxy) is 2. The molecule has 0 amide bonds. The van der Waals surface area contributed by atoms with Gasteiger partial charge in [0.25, 0.3) is 0 Å². The summed E-state index contributed by atoms with van der Waals surface area (Å²) < 4.78 is 24.0. The molecule has 2 rings (SSSR count). The standard InChI is InChI=1S/C21H28FN3O2.HI/c1-15-12-17(6-8-18(15)22)14-24-21(23-2)25(3)11-10-16-7-9-19(26-4)20(13-16)27-5;/h6-9,12-13H,10-11,14H2,1-5H3,(H,23,24);1H. The van der Waals surface area contributed by atoms with E-state index in [0.29, 0.717) is 12.1 Å². The van der Waals surface area contributed by atoms with Gasteiger partial charge in [-0.2, -0.15) is 0 Å². The van der Waals surface area contributed by atoms with Gasteiger partial charge in [-0.1, -0.05) is 18.2 Å². The summed E-state index contributed by atoms with van der Waals surface area (Å²) in [5.74, 6) is 2.06. The number of nitrogens with one attached hydrogen (secondary N) is 1. The molecule has 1 N–H and O–H groups in total. The molecule has 0 saturated heterocycles. The van der Waals surface area contributed by atoms with Crippen LogP contribution in [0.4, 0.5) is 4.39 Å². The van der Waals surface area contributed by atoms with E-state index in [4.69, 9.17) is 9.47 Å². The molecule has 154 valence electrons. The number of nitrogens with zero attached hydrogens (tertiary/aromatic N) is 2. The third-order valence-corrected chi connectivity index (χ3v) is 4.43. The van der Waals surface area contributed by atoms with Crippen molar-refractivity contribution in [2.24, 2.45) is 4.99 Å². The van der Waals surface area contributed by atoms with E-state index in [-0.39, 0.29) is 29.8 Å². The molecule has 2 aromatic rings. The molecule has 28 heavy (non-hydrogen) atoms. The number of benzene rings is 2. The van der Waals surface area contributed by atoms with Crippen molar-refractivity contribution in [3.05, 3.63) is 58.9 Å². The highest BCUT2D eigenvalue weighted by atomic mass is 127. The average Bonchev–Trinajstić information content (AvgIpc) is 2.69. The largest absolute Gasteiger partial charge is 0.493 e. The summed E-state index contributed by atoms with van der Waals surface area (Å²) in [4.78, 5) is 6.39. The normalized spacial score (nSPS) is 10.9. The highest BCUT2D eigenvalue weighted by Gasteiger charge is 2.09. The van der Waals surface area contributed by atoms with Gasteiger partial charge in [0.15, 0.2) is 17.5 Å². The maximum atomic E-state index is 13.4. The Morgan fingerprint density at radius 1 is 1.07 bits per heavy atom. The number of aryl methyl sites for hydroxylation is 1. The van der Waals surface area contributed by atoms with Crippen molar-refractivity contribution in [1.82, 2.24) is 10.2 Å². The van der Waals surface area contributed by atoms with Gasteiger partial charge < -0.3 is 19.7 Å². The molecule has 0 aliphatic carbocycles. The number of hydrogen-bond donors (Lipinski definition) is 1. The van der Waals surface area contributed by atoms with E-state index in [2.05, 4.69) is 15.2 Å². The van der Waals surface area contributed by atoms with Crippen molar-refractivity contribution in [3.63, 3.8) is 0 Å². The van der Waals surface area contributed by atoms with E-state index < -0.39 is 0 Å². The van der Waals surface area contributed by atoms with Crippen LogP contribution < -0.4 is 14.8 Å². The zero-order valence-corrected chi connectivity index (χ0v) is 19.4. The number of halogens is 2. The summed E-state index contributed by atoms with van der Waals surface area (Å²) in [6.07, 6.45) is 0.840. The number of methoxy groups -OCH3 is 2. The fourth-order valence-electron chi connectivity index (χ4n) is 2.82. The maximum Gasteiger partial charge on any atom is 0.193 e. The molecule has 0 radical (unpaired) electrons. The van der Waals surface area contributed by atoms with E-state index in [9.17, 15) is 4.39 Å². The van der Waals surface area contributed by atoms with Crippen molar-refractivity contribution in [2.45, 2.75) is 19.9 Å². The average molecular weight is 501 g/mol. The first-order chi connectivity index (χ1) is 13.0. The lowest BCUT2D eigenvalue weighted by molar-refractivity contribution is 0.354. The van der Waals surface area contributed by atoms with E-state index in [1.165, 1.54) is 6.07 Å². The molecule has 0 aliphatic rings. The molecule has 0 aliphatic heterocycles. The number of rotatable bonds is 7. The zero-order chi connectivity index (χ0) is 19.8. The smallest absolute Gasteiger partial charge is 0.193 e. The van der Waals surface area contributed by atoms with Gasteiger partial charge >= 0.3 is 0 Å². The third kappa shape index (κ3) is 6.54. The van der Waals surface area contributed by atoms with Crippen LogP contribution in [0.2, 0.25) is 0 Å². The third-order valence-electron chi connectivity index (χ3n) is 4.43. The lowest BCUT2D eigenvalue weighted by Gasteiger charge is -2.22. The van der Waals surface area contributed by atoms with Crippen LogP contribution in [0.5, 0.6) is 11.5 Å². The molecule has 0 fully saturated rings. The predicted octanol–water partition coefficient (Wildman–Crippen LogP) is 4.02. The highest BCUT2D eigenvalue weighted by molar-refractivity contribution is 14.0.